The maximum Gasteiger partial charge on any atom is 0.248 e. The molecule has 2 rings (SSSR count). The monoisotopic (exact) mass is 279 g/mol. The quantitative estimate of drug-likeness (QED) is 0.849. The van der Waals surface area contributed by atoms with Gasteiger partial charge in [-0.2, -0.15) is 0 Å². The average molecular weight is 279 g/mol. The van der Waals surface area contributed by atoms with Crippen molar-refractivity contribution in [3.63, 3.8) is 0 Å². The molecule has 0 spiro atoms. The van der Waals surface area contributed by atoms with Gasteiger partial charge in [-0.05, 0) is 18.6 Å². The van der Waals surface area contributed by atoms with E-state index in [1.54, 1.807) is 18.0 Å². The smallest absolute Gasteiger partial charge is 0.248 e. The highest BCUT2D eigenvalue weighted by Gasteiger charge is 2.22. The van der Waals surface area contributed by atoms with Gasteiger partial charge >= 0.3 is 0 Å². The molecule has 1 aliphatic heterocycles. The molecule has 6 heteroatoms. The lowest BCUT2D eigenvalue weighted by Crippen LogP contribution is -2.46. The van der Waals surface area contributed by atoms with Crippen molar-refractivity contribution in [2.24, 2.45) is 5.73 Å². The Morgan fingerprint density at radius 1 is 1.55 bits per heavy atom. The summed E-state index contributed by atoms with van der Waals surface area (Å²) in [6, 6.07) is 4.38. The van der Waals surface area contributed by atoms with Crippen LogP contribution in [0.25, 0.3) is 0 Å². The Morgan fingerprint density at radius 2 is 2.30 bits per heavy atom. The second kappa shape index (κ2) is 6.00. The van der Waals surface area contributed by atoms with Gasteiger partial charge in [0.15, 0.2) is 0 Å². The van der Waals surface area contributed by atoms with Crippen LogP contribution in [0.15, 0.2) is 18.2 Å². The predicted octanol–water partition coefficient (Wildman–Crippen LogP) is 0.635. The maximum atomic E-state index is 13.8. The molecule has 1 saturated heterocycles. The van der Waals surface area contributed by atoms with E-state index in [1.165, 1.54) is 6.07 Å². The third-order valence-electron chi connectivity index (χ3n) is 3.55. The number of nitrogens with one attached hydrogen (secondary N) is 1. The molecule has 108 valence electrons. The van der Waals surface area contributed by atoms with Crippen LogP contribution in [0, 0.1) is 5.82 Å². The van der Waals surface area contributed by atoms with Crippen LogP contribution in [-0.4, -0.2) is 36.3 Å². The number of amides is 2. The third-order valence-corrected chi connectivity index (χ3v) is 3.55. The number of primary amides is 1. The summed E-state index contributed by atoms with van der Waals surface area (Å²) in [6.07, 6.45) is 1.27. The molecule has 3 N–H and O–H groups in total. The molecular formula is C14H18FN3O2. The Morgan fingerprint density at radius 3 is 2.90 bits per heavy atom. The molecule has 0 radical (unpaired) electrons. The minimum absolute atomic E-state index is 0.139. The third kappa shape index (κ3) is 3.33. The first kappa shape index (κ1) is 14.5. The van der Waals surface area contributed by atoms with Gasteiger partial charge < -0.3 is 16.0 Å². The fourth-order valence-electron chi connectivity index (χ4n) is 2.28. The number of carbonyl (C=O) groups excluding carboxylic acids is 2. The molecule has 5 nitrogen and oxygen atoms in total. The highest BCUT2D eigenvalue weighted by atomic mass is 19.1. The topological polar surface area (TPSA) is 75.4 Å². The van der Waals surface area contributed by atoms with Crippen LogP contribution >= 0.6 is 0 Å². The van der Waals surface area contributed by atoms with Crippen molar-refractivity contribution in [3.8, 4) is 0 Å². The van der Waals surface area contributed by atoms with Crippen LogP contribution in [0.1, 0.15) is 28.8 Å². The van der Waals surface area contributed by atoms with Crippen LogP contribution in [0.4, 0.5) is 4.39 Å². The van der Waals surface area contributed by atoms with Crippen molar-refractivity contribution in [2.45, 2.75) is 25.4 Å². The average Bonchev–Trinajstić information content (AvgIpc) is 2.41. The second-order valence-electron chi connectivity index (χ2n) is 5.06. The zero-order valence-electron chi connectivity index (χ0n) is 11.4. The Labute approximate surface area is 116 Å². The first-order chi connectivity index (χ1) is 9.47. The van der Waals surface area contributed by atoms with E-state index in [-0.39, 0.29) is 17.5 Å². The molecule has 0 aromatic heterocycles. The molecule has 1 aliphatic rings. The van der Waals surface area contributed by atoms with E-state index in [4.69, 9.17) is 5.73 Å². The summed E-state index contributed by atoms with van der Waals surface area (Å²) in [6.45, 7) is 0.984. The fraction of sp³-hybridized carbons (Fsp3) is 0.429. The Hall–Kier alpha value is -1.95. The first-order valence-corrected chi connectivity index (χ1v) is 6.53. The summed E-state index contributed by atoms with van der Waals surface area (Å²) in [7, 11) is 1.76. The minimum Gasteiger partial charge on any atom is -0.366 e. The number of nitrogens with two attached hydrogens (primary N) is 1. The SMILES string of the molecule is CN1CC(NCc2ccc(C(N)=O)cc2F)CCC1=O. The summed E-state index contributed by atoms with van der Waals surface area (Å²) in [4.78, 5) is 24.0. The molecule has 1 aromatic carbocycles. The van der Waals surface area contributed by atoms with Crippen molar-refractivity contribution in [3.05, 3.63) is 35.1 Å². The minimum atomic E-state index is -0.643. The standard InChI is InChI=1S/C14H18FN3O2/c1-18-8-11(4-5-13(18)19)17-7-10-3-2-9(14(16)20)6-12(10)15/h2-3,6,11,17H,4-5,7-8H2,1H3,(H2,16,20). The zero-order chi connectivity index (χ0) is 14.7. The molecule has 1 aromatic rings. The second-order valence-corrected chi connectivity index (χ2v) is 5.06. The summed E-state index contributed by atoms with van der Waals surface area (Å²) in [5.41, 5.74) is 5.74. The van der Waals surface area contributed by atoms with Gasteiger partial charge in [0, 0.05) is 43.7 Å². The van der Waals surface area contributed by atoms with Crippen LogP contribution in [0.2, 0.25) is 0 Å². The van der Waals surface area contributed by atoms with Gasteiger partial charge in [-0.3, -0.25) is 9.59 Å². The normalized spacial score (nSPS) is 19.2. The van der Waals surface area contributed by atoms with Crippen LogP contribution in [-0.2, 0) is 11.3 Å². The lowest BCUT2D eigenvalue weighted by Gasteiger charge is -2.30. The van der Waals surface area contributed by atoms with Crippen molar-refractivity contribution >= 4 is 11.8 Å². The van der Waals surface area contributed by atoms with Gasteiger partial charge in [0.25, 0.3) is 0 Å². The number of rotatable bonds is 4. The van der Waals surface area contributed by atoms with E-state index < -0.39 is 11.7 Å². The number of benzene rings is 1. The Balaban J connectivity index is 1.94. The van der Waals surface area contributed by atoms with E-state index in [0.717, 1.165) is 12.5 Å². The van der Waals surface area contributed by atoms with Crippen LogP contribution in [0.5, 0.6) is 0 Å². The largest absolute Gasteiger partial charge is 0.366 e. The maximum absolute atomic E-state index is 13.8. The van der Waals surface area contributed by atoms with Crippen molar-refractivity contribution in [1.29, 1.82) is 0 Å². The number of likely N-dealkylation sites (N-methyl/N-ethyl adjacent to an activating group) is 1. The Kier molecular flexibility index (Phi) is 4.34. The molecule has 1 atom stereocenters. The molecule has 1 heterocycles. The number of piperidine rings is 1. The zero-order valence-corrected chi connectivity index (χ0v) is 11.4. The number of likely N-dealkylation sites (tertiary alicyclic amines) is 1. The van der Waals surface area contributed by atoms with Gasteiger partial charge in [0.2, 0.25) is 11.8 Å². The molecule has 0 bridgehead atoms. The van der Waals surface area contributed by atoms with E-state index in [1.807, 2.05) is 0 Å². The Bertz CT molecular complexity index is 533. The molecule has 2 amide bonds. The van der Waals surface area contributed by atoms with Gasteiger partial charge in [0.05, 0.1) is 0 Å². The molecule has 0 saturated carbocycles. The van der Waals surface area contributed by atoms with Crippen molar-refractivity contribution in [2.75, 3.05) is 13.6 Å². The van der Waals surface area contributed by atoms with E-state index in [0.29, 0.717) is 25.1 Å². The molecule has 20 heavy (non-hydrogen) atoms. The lowest BCUT2D eigenvalue weighted by molar-refractivity contribution is -0.132. The summed E-state index contributed by atoms with van der Waals surface area (Å²) < 4.78 is 13.8. The molecular weight excluding hydrogens is 261 g/mol. The number of halogens is 1. The van der Waals surface area contributed by atoms with Crippen LogP contribution in [0.3, 0.4) is 0 Å². The van der Waals surface area contributed by atoms with Crippen molar-refractivity contribution in [1.82, 2.24) is 10.2 Å². The number of hydrogen-bond donors (Lipinski definition) is 2. The van der Waals surface area contributed by atoms with Gasteiger partial charge in [0.1, 0.15) is 5.82 Å². The summed E-state index contributed by atoms with van der Waals surface area (Å²) in [5.74, 6) is -0.954. The highest BCUT2D eigenvalue weighted by Crippen LogP contribution is 2.13. The van der Waals surface area contributed by atoms with Gasteiger partial charge in [-0.15, -0.1) is 0 Å². The van der Waals surface area contributed by atoms with Crippen molar-refractivity contribution < 1.29 is 14.0 Å². The molecule has 1 fully saturated rings. The van der Waals surface area contributed by atoms with E-state index >= 15 is 0 Å². The number of nitrogens with zero attached hydrogens (tertiary/aromatic N) is 1. The van der Waals surface area contributed by atoms with Gasteiger partial charge in [-0.25, -0.2) is 4.39 Å². The molecule has 0 aliphatic carbocycles. The highest BCUT2D eigenvalue weighted by molar-refractivity contribution is 5.92. The summed E-state index contributed by atoms with van der Waals surface area (Å²) in [5, 5.41) is 3.23. The summed E-state index contributed by atoms with van der Waals surface area (Å²) >= 11 is 0. The lowest BCUT2D eigenvalue weighted by atomic mass is 10.0. The number of hydrogen-bond acceptors (Lipinski definition) is 3. The predicted molar refractivity (Wildman–Crippen MR) is 72.4 cm³/mol. The molecule has 1 unspecified atom stereocenters. The van der Waals surface area contributed by atoms with E-state index in [2.05, 4.69) is 5.32 Å². The fourth-order valence-corrected chi connectivity index (χ4v) is 2.28. The van der Waals surface area contributed by atoms with Crippen LogP contribution < -0.4 is 11.1 Å². The van der Waals surface area contributed by atoms with Gasteiger partial charge in [-0.1, -0.05) is 6.07 Å². The number of carbonyl (C=O) groups is 2. The first-order valence-electron chi connectivity index (χ1n) is 6.53. The van der Waals surface area contributed by atoms with E-state index in [9.17, 15) is 14.0 Å².